The number of likely N-dealkylation sites (tertiary alicyclic amines) is 1. The van der Waals surface area contributed by atoms with Crippen LogP contribution in [0, 0.1) is 5.92 Å². The van der Waals surface area contributed by atoms with Crippen molar-refractivity contribution in [1.29, 1.82) is 0 Å². The second kappa shape index (κ2) is 4.63. The summed E-state index contributed by atoms with van der Waals surface area (Å²) in [7, 11) is 2.23. The van der Waals surface area contributed by atoms with Crippen LogP contribution in [-0.2, 0) is 0 Å². The van der Waals surface area contributed by atoms with Crippen molar-refractivity contribution < 1.29 is 0 Å². The van der Waals surface area contributed by atoms with E-state index >= 15 is 0 Å². The SMILES string of the molecule is CC1CCC(N[C@H]2CCN(C)C2)CC1. The lowest BCUT2D eigenvalue weighted by Crippen LogP contribution is -2.41. The third-order valence-electron chi connectivity index (χ3n) is 3.88. The van der Waals surface area contributed by atoms with Crippen molar-refractivity contribution in [2.75, 3.05) is 20.1 Å². The molecule has 1 heterocycles. The summed E-state index contributed by atoms with van der Waals surface area (Å²) in [4.78, 5) is 2.43. The standard InChI is InChI=1S/C12H24N2/c1-10-3-5-11(6-4-10)13-12-7-8-14(2)9-12/h10-13H,3-9H2,1-2H3/t10?,11?,12-/m0/s1. The number of nitrogens with one attached hydrogen (secondary N) is 1. The number of hydrogen-bond acceptors (Lipinski definition) is 2. The largest absolute Gasteiger partial charge is 0.310 e. The summed E-state index contributed by atoms with van der Waals surface area (Å²) >= 11 is 0. The highest BCUT2D eigenvalue weighted by atomic mass is 15.2. The zero-order chi connectivity index (χ0) is 9.97. The molecule has 82 valence electrons. The Bertz CT molecular complexity index is 173. The maximum Gasteiger partial charge on any atom is 0.0209 e. The molecule has 0 aromatic rings. The van der Waals surface area contributed by atoms with Crippen molar-refractivity contribution in [3.8, 4) is 0 Å². The van der Waals surface area contributed by atoms with Gasteiger partial charge in [0.25, 0.3) is 0 Å². The van der Waals surface area contributed by atoms with Crippen molar-refractivity contribution in [1.82, 2.24) is 10.2 Å². The summed E-state index contributed by atoms with van der Waals surface area (Å²) in [5.41, 5.74) is 0. The first-order valence-electron chi connectivity index (χ1n) is 6.18. The van der Waals surface area contributed by atoms with Gasteiger partial charge in [-0.25, -0.2) is 0 Å². The van der Waals surface area contributed by atoms with Gasteiger partial charge in [0, 0.05) is 18.6 Å². The van der Waals surface area contributed by atoms with Crippen LogP contribution in [0.2, 0.25) is 0 Å². The van der Waals surface area contributed by atoms with Gasteiger partial charge >= 0.3 is 0 Å². The van der Waals surface area contributed by atoms with Crippen molar-refractivity contribution in [3.63, 3.8) is 0 Å². The van der Waals surface area contributed by atoms with E-state index < -0.39 is 0 Å². The molecular weight excluding hydrogens is 172 g/mol. The molecule has 1 saturated carbocycles. The lowest BCUT2D eigenvalue weighted by atomic mass is 9.87. The molecule has 0 aromatic heterocycles. The van der Waals surface area contributed by atoms with Crippen LogP contribution in [0.15, 0.2) is 0 Å². The van der Waals surface area contributed by atoms with Gasteiger partial charge in [0.1, 0.15) is 0 Å². The predicted molar refractivity (Wildman–Crippen MR) is 60.5 cm³/mol. The minimum atomic E-state index is 0.776. The molecule has 2 fully saturated rings. The third kappa shape index (κ3) is 2.71. The number of likely N-dealkylation sites (N-methyl/N-ethyl adjacent to an activating group) is 1. The molecule has 1 saturated heterocycles. The first-order chi connectivity index (χ1) is 6.74. The van der Waals surface area contributed by atoms with Crippen LogP contribution >= 0.6 is 0 Å². The average Bonchev–Trinajstić information content (AvgIpc) is 2.56. The van der Waals surface area contributed by atoms with Gasteiger partial charge in [-0.3, -0.25) is 0 Å². The first-order valence-corrected chi connectivity index (χ1v) is 6.18. The fourth-order valence-corrected chi connectivity index (χ4v) is 2.83. The van der Waals surface area contributed by atoms with E-state index in [4.69, 9.17) is 0 Å². The van der Waals surface area contributed by atoms with Crippen LogP contribution in [0.4, 0.5) is 0 Å². The summed E-state index contributed by atoms with van der Waals surface area (Å²) in [6, 6.07) is 1.60. The van der Waals surface area contributed by atoms with Crippen molar-refractivity contribution in [3.05, 3.63) is 0 Å². The number of nitrogens with zero attached hydrogens (tertiary/aromatic N) is 1. The molecule has 1 aliphatic heterocycles. The zero-order valence-electron chi connectivity index (χ0n) is 9.63. The highest BCUT2D eigenvalue weighted by Crippen LogP contribution is 2.24. The van der Waals surface area contributed by atoms with Gasteiger partial charge < -0.3 is 10.2 Å². The summed E-state index contributed by atoms with van der Waals surface area (Å²) in [5.74, 6) is 0.972. The van der Waals surface area contributed by atoms with Crippen LogP contribution in [0.1, 0.15) is 39.0 Å². The average molecular weight is 196 g/mol. The summed E-state index contributed by atoms with van der Waals surface area (Å²) in [6.07, 6.45) is 7.02. The fourth-order valence-electron chi connectivity index (χ4n) is 2.83. The Balaban J connectivity index is 1.70. The van der Waals surface area contributed by atoms with E-state index in [0.29, 0.717) is 0 Å². The van der Waals surface area contributed by atoms with Gasteiger partial charge in [0.05, 0.1) is 0 Å². The normalized spacial score (nSPS) is 40.3. The monoisotopic (exact) mass is 196 g/mol. The molecule has 0 radical (unpaired) electrons. The van der Waals surface area contributed by atoms with Crippen LogP contribution in [0.5, 0.6) is 0 Å². The predicted octanol–water partition coefficient (Wildman–Crippen LogP) is 1.86. The van der Waals surface area contributed by atoms with Crippen molar-refractivity contribution >= 4 is 0 Å². The van der Waals surface area contributed by atoms with Crippen molar-refractivity contribution in [2.45, 2.75) is 51.1 Å². The maximum absolute atomic E-state index is 3.83. The second-order valence-corrected chi connectivity index (χ2v) is 5.37. The quantitative estimate of drug-likeness (QED) is 0.725. The molecule has 0 bridgehead atoms. The van der Waals surface area contributed by atoms with E-state index in [0.717, 1.165) is 18.0 Å². The lowest BCUT2D eigenvalue weighted by molar-refractivity contribution is 0.284. The van der Waals surface area contributed by atoms with E-state index in [2.05, 4.69) is 24.2 Å². The molecule has 0 unspecified atom stereocenters. The molecule has 0 aromatic carbocycles. The van der Waals surface area contributed by atoms with Gasteiger partial charge in [-0.05, 0) is 51.6 Å². The fraction of sp³-hybridized carbons (Fsp3) is 1.00. The van der Waals surface area contributed by atoms with Crippen LogP contribution in [-0.4, -0.2) is 37.1 Å². The Morgan fingerprint density at radius 3 is 2.29 bits per heavy atom. The maximum atomic E-state index is 3.83. The second-order valence-electron chi connectivity index (χ2n) is 5.37. The molecule has 2 heteroatoms. The summed E-state index contributed by atoms with van der Waals surface area (Å²) in [5, 5.41) is 3.83. The molecule has 1 aliphatic carbocycles. The van der Waals surface area contributed by atoms with Gasteiger partial charge in [0.2, 0.25) is 0 Å². The van der Waals surface area contributed by atoms with E-state index in [1.54, 1.807) is 0 Å². The number of hydrogen-bond donors (Lipinski definition) is 1. The van der Waals surface area contributed by atoms with E-state index in [-0.39, 0.29) is 0 Å². The topological polar surface area (TPSA) is 15.3 Å². The van der Waals surface area contributed by atoms with E-state index in [9.17, 15) is 0 Å². The van der Waals surface area contributed by atoms with Gasteiger partial charge in [-0.1, -0.05) is 6.92 Å². The molecule has 0 amide bonds. The Hall–Kier alpha value is -0.0800. The molecule has 1 atom stereocenters. The Morgan fingerprint density at radius 2 is 1.71 bits per heavy atom. The highest BCUT2D eigenvalue weighted by Gasteiger charge is 2.24. The Kier molecular flexibility index (Phi) is 3.45. The van der Waals surface area contributed by atoms with Crippen LogP contribution in [0.25, 0.3) is 0 Å². The molecular formula is C12H24N2. The Morgan fingerprint density at radius 1 is 1.00 bits per heavy atom. The molecule has 2 nitrogen and oxygen atoms in total. The highest BCUT2D eigenvalue weighted by molar-refractivity contribution is 4.84. The summed E-state index contributed by atoms with van der Waals surface area (Å²) in [6.45, 7) is 4.92. The Labute approximate surface area is 88.1 Å². The first kappa shape index (κ1) is 10.4. The molecule has 1 N–H and O–H groups in total. The molecule has 2 rings (SSSR count). The van der Waals surface area contributed by atoms with Crippen molar-refractivity contribution in [2.24, 2.45) is 5.92 Å². The molecule has 14 heavy (non-hydrogen) atoms. The summed E-state index contributed by atoms with van der Waals surface area (Å²) < 4.78 is 0. The zero-order valence-corrected chi connectivity index (χ0v) is 9.63. The van der Waals surface area contributed by atoms with Gasteiger partial charge in [-0.2, -0.15) is 0 Å². The van der Waals surface area contributed by atoms with Gasteiger partial charge in [0.15, 0.2) is 0 Å². The van der Waals surface area contributed by atoms with E-state index in [1.165, 1.54) is 45.2 Å². The number of rotatable bonds is 2. The molecule has 2 aliphatic rings. The lowest BCUT2D eigenvalue weighted by Gasteiger charge is -2.29. The third-order valence-corrected chi connectivity index (χ3v) is 3.88. The van der Waals surface area contributed by atoms with E-state index in [1.807, 2.05) is 0 Å². The minimum Gasteiger partial charge on any atom is -0.310 e. The minimum absolute atomic E-state index is 0.776. The smallest absolute Gasteiger partial charge is 0.0209 e. The molecule has 0 spiro atoms. The van der Waals surface area contributed by atoms with Crippen LogP contribution in [0.3, 0.4) is 0 Å². The van der Waals surface area contributed by atoms with Crippen LogP contribution < -0.4 is 5.32 Å². The van der Waals surface area contributed by atoms with Gasteiger partial charge in [-0.15, -0.1) is 0 Å².